The Morgan fingerprint density at radius 3 is 2.46 bits per heavy atom. The van der Waals surface area contributed by atoms with E-state index in [9.17, 15) is 9.59 Å². The van der Waals surface area contributed by atoms with Crippen molar-refractivity contribution in [1.29, 1.82) is 0 Å². The molecule has 28 heavy (non-hydrogen) atoms. The molecule has 0 fully saturated rings. The SMILES string of the molecule is C[C@@H]1CCN(C(=O)COC(=O)c2ccc(C(C)(C)C)cc2)c2ccccc2S1. The largest absolute Gasteiger partial charge is 0.452 e. The van der Waals surface area contributed by atoms with Crippen molar-refractivity contribution >= 4 is 29.3 Å². The minimum atomic E-state index is -0.473. The minimum absolute atomic E-state index is 0.0215. The second kappa shape index (κ2) is 8.39. The van der Waals surface area contributed by atoms with E-state index in [2.05, 4.69) is 27.7 Å². The summed E-state index contributed by atoms with van der Waals surface area (Å²) in [5.74, 6) is -0.665. The lowest BCUT2D eigenvalue weighted by atomic mass is 9.87. The molecular formula is C23H27NO3S. The Balaban J connectivity index is 1.66. The monoisotopic (exact) mass is 397 g/mol. The van der Waals surface area contributed by atoms with Gasteiger partial charge in [-0.1, -0.05) is 52.0 Å². The van der Waals surface area contributed by atoms with Crippen molar-refractivity contribution in [3.05, 3.63) is 59.7 Å². The highest BCUT2D eigenvalue weighted by Crippen LogP contribution is 2.37. The van der Waals surface area contributed by atoms with Crippen molar-refractivity contribution < 1.29 is 14.3 Å². The van der Waals surface area contributed by atoms with Gasteiger partial charge in [-0.15, -0.1) is 11.8 Å². The molecule has 0 N–H and O–H groups in total. The van der Waals surface area contributed by atoms with Crippen LogP contribution >= 0.6 is 11.8 Å². The summed E-state index contributed by atoms with van der Waals surface area (Å²) in [6.07, 6.45) is 0.896. The van der Waals surface area contributed by atoms with E-state index in [0.717, 1.165) is 22.6 Å². The average Bonchev–Trinajstić information content (AvgIpc) is 2.83. The van der Waals surface area contributed by atoms with E-state index in [-0.39, 0.29) is 17.9 Å². The molecule has 2 aromatic rings. The van der Waals surface area contributed by atoms with Gasteiger partial charge in [-0.25, -0.2) is 4.79 Å². The number of benzene rings is 2. The summed E-state index contributed by atoms with van der Waals surface area (Å²) in [6, 6.07) is 15.3. The van der Waals surface area contributed by atoms with Crippen LogP contribution in [0.4, 0.5) is 5.69 Å². The molecule has 0 spiro atoms. The van der Waals surface area contributed by atoms with Crippen LogP contribution < -0.4 is 4.90 Å². The van der Waals surface area contributed by atoms with Crippen LogP contribution in [0.25, 0.3) is 0 Å². The van der Waals surface area contributed by atoms with Crippen LogP contribution in [-0.2, 0) is 14.9 Å². The van der Waals surface area contributed by atoms with E-state index in [1.54, 1.807) is 28.8 Å². The standard InChI is InChI=1S/C23H27NO3S/c1-16-13-14-24(19-7-5-6-8-20(19)28-16)21(25)15-27-22(26)17-9-11-18(12-10-17)23(2,3)4/h5-12,16H,13-15H2,1-4H3/t16-/m1/s1. The number of esters is 1. The second-order valence-corrected chi connectivity index (χ2v) is 9.61. The summed E-state index contributed by atoms with van der Waals surface area (Å²) in [5, 5.41) is 0.433. The Bertz CT molecular complexity index is 855. The van der Waals surface area contributed by atoms with Crippen molar-refractivity contribution in [1.82, 2.24) is 0 Å². The number of carbonyl (C=O) groups is 2. The first kappa shape index (κ1) is 20.5. The molecule has 5 heteroatoms. The first-order valence-electron chi connectivity index (χ1n) is 9.59. The third-order valence-corrected chi connectivity index (χ3v) is 6.10. The zero-order valence-corrected chi connectivity index (χ0v) is 17.7. The zero-order chi connectivity index (χ0) is 20.3. The van der Waals surface area contributed by atoms with E-state index in [1.807, 2.05) is 36.4 Å². The van der Waals surface area contributed by atoms with Crippen molar-refractivity contribution in [3.8, 4) is 0 Å². The molecule has 1 aliphatic rings. The van der Waals surface area contributed by atoms with Crippen LogP contribution in [0, 0.1) is 0 Å². The molecule has 3 rings (SSSR count). The van der Waals surface area contributed by atoms with Gasteiger partial charge in [0.25, 0.3) is 5.91 Å². The summed E-state index contributed by atoms with van der Waals surface area (Å²) < 4.78 is 5.31. The summed E-state index contributed by atoms with van der Waals surface area (Å²) in [4.78, 5) is 28.0. The molecule has 0 saturated carbocycles. The molecule has 1 atom stereocenters. The average molecular weight is 398 g/mol. The number of thioether (sulfide) groups is 1. The van der Waals surface area contributed by atoms with E-state index < -0.39 is 5.97 Å². The highest BCUT2D eigenvalue weighted by molar-refractivity contribution is 8.00. The smallest absolute Gasteiger partial charge is 0.338 e. The van der Waals surface area contributed by atoms with Crippen LogP contribution in [0.2, 0.25) is 0 Å². The quantitative estimate of drug-likeness (QED) is 0.679. The molecule has 4 nitrogen and oxygen atoms in total. The van der Waals surface area contributed by atoms with Crippen molar-refractivity contribution in [3.63, 3.8) is 0 Å². The lowest BCUT2D eigenvalue weighted by molar-refractivity contribution is -0.121. The fourth-order valence-corrected chi connectivity index (χ4v) is 4.25. The first-order chi connectivity index (χ1) is 13.3. The number of nitrogens with zero attached hydrogens (tertiary/aromatic N) is 1. The maximum atomic E-state index is 12.8. The van der Waals surface area contributed by atoms with E-state index in [1.165, 1.54) is 0 Å². The molecule has 0 unspecified atom stereocenters. The minimum Gasteiger partial charge on any atom is -0.452 e. The Morgan fingerprint density at radius 2 is 1.79 bits per heavy atom. The van der Waals surface area contributed by atoms with Crippen LogP contribution in [0.15, 0.2) is 53.4 Å². The van der Waals surface area contributed by atoms with Crippen molar-refractivity contribution in [2.75, 3.05) is 18.1 Å². The maximum Gasteiger partial charge on any atom is 0.338 e. The third-order valence-electron chi connectivity index (χ3n) is 4.86. The van der Waals surface area contributed by atoms with Crippen molar-refractivity contribution in [2.45, 2.75) is 49.7 Å². The Morgan fingerprint density at radius 1 is 1.11 bits per heavy atom. The summed E-state index contributed by atoms with van der Waals surface area (Å²) in [5.41, 5.74) is 2.52. The predicted molar refractivity (Wildman–Crippen MR) is 114 cm³/mol. The van der Waals surface area contributed by atoms with Gasteiger partial charge in [0.2, 0.25) is 0 Å². The molecule has 0 aromatic heterocycles. The van der Waals surface area contributed by atoms with E-state index in [4.69, 9.17) is 4.74 Å². The molecule has 1 aliphatic heterocycles. The highest BCUT2D eigenvalue weighted by atomic mass is 32.2. The molecule has 0 aliphatic carbocycles. The number of para-hydroxylation sites is 1. The molecule has 2 aromatic carbocycles. The third kappa shape index (κ3) is 4.76. The number of anilines is 1. The summed E-state index contributed by atoms with van der Waals surface area (Å²) >= 11 is 1.78. The van der Waals surface area contributed by atoms with Crippen LogP contribution in [0.3, 0.4) is 0 Å². The molecule has 1 heterocycles. The summed E-state index contributed by atoms with van der Waals surface area (Å²) in [6.45, 7) is 8.90. The Hall–Kier alpha value is -2.27. The Labute approximate surface area is 171 Å². The normalized spacial score (nSPS) is 16.9. The zero-order valence-electron chi connectivity index (χ0n) is 16.9. The first-order valence-corrected chi connectivity index (χ1v) is 10.5. The van der Waals surface area contributed by atoms with Gasteiger partial charge in [-0.3, -0.25) is 4.79 Å². The molecule has 0 saturated heterocycles. The Kier molecular flexibility index (Phi) is 6.14. The summed E-state index contributed by atoms with van der Waals surface area (Å²) in [7, 11) is 0. The van der Waals surface area contributed by atoms with Gasteiger partial charge in [0.15, 0.2) is 6.61 Å². The van der Waals surface area contributed by atoms with Crippen LogP contribution in [0.5, 0.6) is 0 Å². The number of ether oxygens (including phenoxy) is 1. The van der Waals surface area contributed by atoms with Gasteiger partial charge in [-0.2, -0.15) is 0 Å². The number of hydrogen-bond acceptors (Lipinski definition) is 4. The number of amides is 1. The van der Waals surface area contributed by atoms with Gasteiger partial charge in [-0.05, 0) is 41.7 Å². The second-order valence-electron chi connectivity index (χ2n) is 8.13. The lowest BCUT2D eigenvalue weighted by Gasteiger charge is -2.22. The fourth-order valence-electron chi connectivity index (χ4n) is 3.14. The highest BCUT2D eigenvalue weighted by Gasteiger charge is 2.25. The molecule has 1 amide bonds. The maximum absolute atomic E-state index is 12.8. The predicted octanol–water partition coefficient (Wildman–Crippen LogP) is 5.06. The fraction of sp³-hybridized carbons (Fsp3) is 0.391. The number of hydrogen-bond donors (Lipinski definition) is 0. The number of fused-ring (bicyclic) bond motifs is 1. The molecular weight excluding hydrogens is 370 g/mol. The van der Waals surface area contributed by atoms with Crippen LogP contribution in [0.1, 0.15) is 50.0 Å². The lowest BCUT2D eigenvalue weighted by Crippen LogP contribution is -2.35. The number of carbonyl (C=O) groups excluding carboxylic acids is 2. The topological polar surface area (TPSA) is 46.6 Å². The molecule has 0 radical (unpaired) electrons. The van der Waals surface area contributed by atoms with Gasteiger partial charge >= 0.3 is 5.97 Å². The van der Waals surface area contributed by atoms with E-state index >= 15 is 0 Å². The van der Waals surface area contributed by atoms with Crippen LogP contribution in [-0.4, -0.2) is 30.3 Å². The van der Waals surface area contributed by atoms with Gasteiger partial charge in [0, 0.05) is 16.7 Å². The number of rotatable bonds is 3. The van der Waals surface area contributed by atoms with Gasteiger partial charge < -0.3 is 9.64 Å². The van der Waals surface area contributed by atoms with Gasteiger partial charge in [0.1, 0.15) is 0 Å². The van der Waals surface area contributed by atoms with Gasteiger partial charge in [0.05, 0.1) is 11.3 Å². The molecule has 148 valence electrons. The van der Waals surface area contributed by atoms with E-state index in [0.29, 0.717) is 17.4 Å². The van der Waals surface area contributed by atoms with Crippen molar-refractivity contribution in [2.24, 2.45) is 0 Å². The molecule has 0 bridgehead atoms.